The molecular weight excluding hydrogens is 525 g/mol. The molecule has 0 radical (unpaired) electrons. The maximum absolute atomic E-state index is 14.4. The highest BCUT2D eigenvalue weighted by molar-refractivity contribution is 7.90. The molecule has 1 saturated heterocycles. The van der Waals surface area contributed by atoms with Crippen LogP contribution in [-0.2, 0) is 14.8 Å². The lowest BCUT2D eigenvalue weighted by Crippen LogP contribution is -2.32. The minimum atomic E-state index is -4.25. The van der Waals surface area contributed by atoms with Crippen LogP contribution in [-0.4, -0.2) is 50.7 Å². The summed E-state index contributed by atoms with van der Waals surface area (Å²) < 4.78 is 59.2. The first-order valence-electron chi connectivity index (χ1n) is 12.8. The number of aromatic nitrogens is 2. The smallest absolute Gasteiger partial charge is 0.281 e. The Balaban J connectivity index is 1.65. The Labute approximate surface area is 227 Å². The third-order valence-electron chi connectivity index (χ3n) is 6.02. The van der Waals surface area contributed by atoms with Crippen LogP contribution >= 0.6 is 0 Å². The number of hydrogen-bond acceptors (Lipinski definition) is 8. The highest BCUT2D eigenvalue weighted by atomic mass is 32.2. The van der Waals surface area contributed by atoms with Crippen LogP contribution in [0.3, 0.4) is 0 Å². The monoisotopic (exact) mass is 557 g/mol. The van der Waals surface area contributed by atoms with E-state index >= 15 is 0 Å². The second-order valence-corrected chi connectivity index (χ2v) is 11.5. The Morgan fingerprint density at radius 1 is 1.10 bits per heavy atom. The molecule has 4 rings (SSSR count). The second kappa shape index (κ2) is 12.5. The fraction of sp³-hybridized carbons (Fsp3) is 0.393. The molecule has 1 N–H and O–H groups in total. The molecular formula is C28H32FN3O6S. The maximum atomic E-state index is 14.4. The van der Waals surface area contributed by atoms with Crippen LogP contribution in [0, 0.1) is 24.6 Å². The van der Waals surface area contributed by atoms with Crippen molar-refractivity contribution in [2.45, 2.75) is 38.6 Å². The molecule has 1 aliphatic rings. The second-order valence-electron chi connectivity index (χ2n) is 9.85. The Bertz CT molecular complexity index is 1420. The molecule has 0 aliphatic carbocycles. The number of aryl methyl sites for hydroxylation is 1. The molecule has 9 nitrogen and oxygen atoms in total. The van der Waals surface area contributed by atoms with E-state index < -0.39 is 21.7 Å². The number of sulfonamides is 1. The summed E-state index contributed by atoms with van der Waals surface area (Å²) in [4.78, 5) is 21.7. The predicted molar refractivity (Wildman–Crippen MR) is 143 cm³/mol. The van der Waals surface area contributed by atoms with E-state index in [-0.39, 0.29) is 34.9 Å². The average Bonchev–Trinajstić information content (AvgIpc) is 2.90. The summed E-state index contributed by atoms with van der Waals surface area (Å²) in [5, 5.41) is -0.279. The van der Waals surface area contributed by atoms with E-state index in [2.05, 4.69) is 9.97 Å². The zero-order valence-electron chi connectivity index (χ0n) is 22.1. The largest absolute Gasteiger partial charge is 0.493 e. The first kappa shape index (κ1) is 28.4. The van der Waals surface area contributed by atoms with Crippen LogP contribution < -0.4 is 14.2 Å². The number of nitrogens with zero attached hydrogens (tertiary/aromatic N) is 2. The molecule has 1 aromatic carbocycles. The lowest BCUT2D eigenvalue weighted by molar-refractivity contribution is 0.0488. The van der Waals surface area contributed by atoms with E-state index in [0.29, 0.717) is 42.5 Å². The minimum Gasteiger partial charge on any atom is -0.493 e. The van der Waals surface area contributed by atoms with Crippen LogP contribution in [0.1, 0.15) is 42.7 Å². The van der Waals surface area contributed by atoms with Gasteiger partial charge in [0.1, 0.15) is 17.1 Å². The third kappa shape index (κ3) is 7.73. The summed E-state index contributed by atoms with van der Waals surface area (Å²) in [6.45, 7) is 7.53. The van der Waals surface area contributed by atoms with Crippen molar-refractivity contribution in [3.05, 3.63) is 65.6 Å². The fourth-order valence-corrected chi connectivity index (χ4v) is 4.93. The van der Waals surface area contributed by atoms with Gasteiger partial charge in [0.25, 0.3) is 15.9 Å². The number of benzene rings is 1. The van der Waals surface area contributed by atoms with E-state index in [0.717, 1.165) is 12.8 Å². The Morgan fingerprint density at radius 3 is 2.59 bits per heavy atom. The number of ether oxygens (including phenoxy) is 3. The molecule has 0 unspecified atom stereocenters. The maximum Gasteiger partial charge on any atom is 0.281 e. The van der Waals surface area contributed by atoms with Gasteiger partial charge in [-0.25, -0.2) is 19.1 Å². The van der Waals surface area contributed by atoms with Crippen LogP contribution in [0.5, 0.6) is 11.6 Å². The van der Waals surface area contributed by atoms with E-state index in [9.17, 15) is 17.6 Å². The lowest BCUT2D eigenvalue weighted by Gasteiger charge is -2.22. The summed E-state index contributed by atoms with van der Waals surface area (Å²) >= 11 is 0. The first-order valence-corrected chi connectivity index (χ1v) is 14.2. The van der Waals surface area contributed by atoms with Crippen molar-refractivity contribution in [3.8, 4) is 22.9 Å². The Kier molecular flexibility index (Phi) is 9.13. The molecule has 11 heteroatoms. The standard InChI is InChI=1S/C28H32FN3O6S/c1-18(2)16-37-23-14-21(13-22(29)15-23)25-8-7-24(28(31-25)38-17-20-9-11-36-12-10-20)27(33)32-39(34,35)26-6-4-5-19(3)30-26/h4-8,13-15,18,20H,9-12,16-17H2,1-3H3,(H,32,33). The molecule has 3 heterocycles. The number of carbonyl (C=O) groups excluding carboxylic acids is 1. The van der Waals surface area contributed by atoms with E-state index in [4.69, 9.17) is 14.2 Å². The highest BCUT2D eigenvalue weighted by Crippen LogP contribution is 2.29. The molecule has 0 bridgehead atoms. The number of nitrogens with one attached hydrogen (secondary N) is 1. The van der Waals surface area contributed by atoms with Crippen LogP contribution in [0.15, 0.2) is 53.6 Å². The predicted octanol–water partition coefficient (Wildman–Crippen LogP) is 4.55. The van der Waals surface area contributed by atoms with Crippen molar-refractivity contribution in [3.63, 3.8) is 0 Å². The summed E-state index contributed by atoms with van der Waals surface area (Å²) in [6, 6.07) is 11.7. The quantitative estimate of drug-likeness (QED) is 0.386. The number of rotatable bonds is 10. The molecule has 208 valence electrons. The summed E-state index contributed by atoms with van der Waals surface area (Å²) in [6.07, 6.45) is 1.57. The van der Waals surface area contributed by atoms with Gasteiger partial charge in [-0.15, -0.1) is 0 Å². The molecule has 2 aromatic heterocycles. The molecule has 39 heavy (non-hydrogen) atoms. The normalized spacial score (nSPS) is 14.3. The van der Waals surface area contributed by atoms with Crippen LogP contribution in [0.25, 0.3) is 11.3 Å². The highest BCUT2D eigenvalue weighted by Gasteiger charge is 2.25. The van der Waals surface area contributed by atoms with Crippen molar-refractivity contribution in [2.75, 3.05) is 26.4 Å². The lowest BCUT2D eigenvalue weighted by atomic mass is 10.0. The number of pyridine rings is 2. The number of hydrogen-bond donors (Lipinski definition) is 1. The van der Waals surface area contributed by atoms with E-state index in [1.165, 1.54) is 36.4 Å². The Morgan fingerprint density at radius 2 is 1.87 bits per heavy atom. The average molecular weight is 558 g/mol. The van der Waals surface area contributed by atoms with Crippen molar-refractivity contribution in [1.82, 2.24) is 14.7 Å². The van der Waals surface area contributed by atoms with Gasteiger partial charge < -0.3 is 14.2 Å². The van der Waals surface area contributed by atoms with Crippen LogP contribution in [0.4, 0.5) is 4.39 Å². The summed E-state index contributed by atoms with van der Waals surface area (Å²) in [5.41, 5.74) is 1.18. The van der Waals surface area contributed by atoms with Gasteiger partial charge in [-0.1, -0.05) is 19.9 Å². The van der Waals surface area contributed by atoms with Crippen molar-refractivity contribution in [1.29, 1.82) is 0 Å². The van der Waals surface area contributed by atoms with Gasteiger partial charge in [-0.2, -0.15) is 8.42 Å². The summed E-state index contributed by atoms with van der Waals surface area (Å²) in [5.74, 6) is -0.688. The third-order valence-corrected chi connectivity index (χ3v) is 7.25. The molecule has 1 amide bonds. The van der Waals surface area contributed by atoms with Gasteiger partial charge in [0.05, 0.1) is 18.9 Å². The van der Waals surface area contributed by atoms with E-state index in [1.807, 2.05) is 18.6 Å². The van der Waals surface area contributed by atoms with E-state index in [1.54, 1.807) is 19.1 Å². The molecule has 0 atom stereocenters. The van der Waals surface area contributed by atoms with Gasteiger partial charge in [0.2, 0.25) is 5.88 Å². The van der Waals surface area contributed by atoms with Gasteiger partial charge in [0, 0.05) is 30.5 Å². The molecule has 1 fully saturated rings. The number of halogens is 1. The van der Waals surface area contributed by atoms with Gasteiger partial charge in [-0.3, -0.25) is 4.79 Å². The minimum absolute atomic E-state index is 0.0576. The molecule has 0 spiro atoms. The SMILES string of the molecule is Cc1cccc(S(=O)(=O)NC(=O)c2ccc(-c3cc(F)cc(OCC(C)C)c3)nc2OCC2CCOCC2)n1. The zero-order chi connectivity index (χ0) is 28.0. The number of amides is 1. The number of carbonyl (C=O) groups is 1. The Hall–Kier alpha value is -3.57. The van der Waals surface area contributed by atoms with Gasteiger partial charge >= 0.3 is 0 Å². The first-order chi connectivity index (χ1) is 18.6. The van der Waals surface area contributed by atoms with Crippen molar-refractivity contribution in [2.24, 2.45) is 11.8 Å². The van der Waals surface area contributed by atoms with Crippen molar-refractivity contribution >= 4 is 15.9 Å². The molecule has 3 aromatic rings. The molecule has 1 aliphatic heterocycles. The topological polar surface area (TPSA) is 117 Å². The zero-order valence-corrected chi connectivity index (χ0v) is 23.0. The van der Waals surface area contributed by atoms with Gasteiger partial charge in [-0.05, 0) is 68.0 Å². The summed E-state index contributed by atoms with van der Waals surface area (Å²) in [7, 11) is -4.25. The van der Waals surface area contributed by atoms with Crippen molar-refractivity contribution < 1.29 is 31.8 Å². The van der Waals surface area contributed by atoms with Gasteiger partial charge in [0.15, 0.2) is 5.03 Å². The molecule has 0 saturated carbocycles. The van der Waals surface area contributed by atoms with Crippen LogP contribution in [0.2, 0.25) is 0 Å². The fourth-order valence-electron chi connectivity index (χ4n) is 3.95.